The second kappa shape index (κ2) is 8.60. The summed E-state index contributed by atoms with van der Waals surface area (Å²) in [6.45, 7) is 8.54. The number of aromatic nitrogens is 2. The number of aromatic amines is 1. The Hall–Kier alpha value is -1.84. The first kappa shape index (κ1) is 22.4. The van der Waals surface area contributed by atoms with Gasteiger partial charge in [0, 0.05) is 43.8 Å². The zero-order chi connectivity index (χ0) is 22.2. The Kier molecular flexibility index (Phi) is 6.20. The minimum absolute atomic E-state index is 0.0959. The highest BCUT2D eigenvalue weighted by molar-refractivity contribution is 5.79. The molecule has 4 rings (SSSR count). The maximum Gasteiger partial charge on any atom is 0.449 e. The van der Waals surface area contributed by atoms with E-state index in [1.807, 2.05) is 6.07 Å². The van der Waals surface area contributed by atoms with E-state index in [9.17, 15) is 18.3 Å². The maximum atomic E-state index is 12.9. The van der Waals surface area contributed by atoms with Gasteiger partial charge in [0.2, 0.25) is 5.82 Å². The molecule has 2 aromatic rings. The third kappa shape index (κ3) is 4.54. The van der Waals surface area contributed by atoms with Crippen molar-refractivity contribution in [3.05, 3.63) is 24.0 Å². The van der Waals surface area contributed by atoms with E-state index in [0.717, 1.165) is 64.1 Å². The lowest BCUT2D eigenvalue weighted by Crippen LogP contribution is -2.47. The minimum Gasteiger partial charge on any atom is -0.369 e. The van der Waals surface area contributed by atoms with Crippen molar-refractivity contribution in [3.63, 3.8) is 0 Å². The lowest BCUT2D eigenvalue weighted by Gasteiger charge is -2.36. The fraction of sp³-hybridized carbons (Fsp3) is 0.682. The summed E-state index contributed by atoms with van der Waals surface area (Å²) in [5.41, 5.74) is 1.52. The Bertz CT molecular complexity index is 888. The molecule has 2 atom stereocenters. The summed E-state index contributed by atoms with van der Waals surface area (Å²) in [4.78, 5) is 10.6. The van der Waals surface area contributed by atoms with Crippen LogP contribution in [-0.4, -0.2) is 65.1 Å². The van der Waals surface area contributed by atoms with Crippen molar-refractivity contribution in [1.29, 1.82) is 0 Å². The van der Waals surface area contributed by atoms with Gasteiger partial charge in [0.05, 0.1) is 17.1 Å². The molecule has 3 heterocycles. The third-order valence-electron chi connectivity index (χ3n) is 7.13. The second-order valence-electron chi connectivity index (χ2n) is 8.79. The number of hydrogen-bond donors (Lipinski definition) is 2. The van der Waals surface area contributed by atoms with Crippen molar-refractivity contribution in [2.45, 2.75) is 58.1 Å². The zero-order valence-corrected chi connectivity index (χ0v) is 18.1. The average Bonchev–Trinajstić information content (AvgIpc) is 3.33. The summed E-state index contributed by atoms with van der Waals surface area (Å²) >= 11 is 0. The van der Waals surface area contributed by atoms with Crippen molar-refractivity contribution < 1.29 is 23.0 Å². The Balaban J connectivity index is 1.30. The van der Waals surface area contributed by atoms with Crippen LogP contribution in [0.25, 0.3) is 11.0 Å². The minimum atomic E-state index is -4.47. The van der Waals surface area contributed by atoms with E-state index in [1.54, 1.807) is 12.1 Å². The molecule has 2 fully saturated rings. The van der Waals surface area contributed by atoms with Gasteiger partial charge in [-0.15, -0.1) is 0 Å². The number of imidazole rings is 1. The average molecular weight is 441 g/mol. The van der Waals surface area contributed by atoms with Crippen molar-refractivity contribution in [2.24, 2.45) is 5.41 Å². The predicted octanol–water partition coefficient (Wildman–Crippen LogP) is 4.01. The fourth-order valence-corrected chi connectivity index (χ4v) is 4.87. The van der Waals surface area contributed by atoms with Crippen LogP contribution in [0.15, 0.2) is 18.2 Å². The summed E-state index contributed by atoms with van der Waals surface area (Å²) in [7, 11) is 0. The SMILES string of the molecule is CCC1(CC)CC(CCN2CCN(c3ccc4nc(C(F)(F)F)[nH]c4c3)CC2)OC1O. The molecule has 2 unspecified atom stereocenters. The molecule has 2 N–H and O–H groups in total. The number of H-pyrrole nitrogens is 1. The first-order chi connectivity index (χ1) is 14.7. The van der Waals surface area contributed by atoms with Gasteiger partial charge in [0.25, 0.3) is 0 Å². The fourth-order valence-electron chi connectivity index (χ4n) is 4.87. The number of nitrogens with zero attached hydrogens (tertiary/aromatic N) is 3. The molecule has 0 spiro atoms. The maximum absolute atomic E-state index is 12.9. The molecular formula is C22H31F3N4O2. The number of halogens is 3. The van der Waals surface area contributed by atoms with E-state index in [0.29, 0.717) is 11.0 Å². The number of benzene rings is 1. The molecule has 1 aromatic heterocycles. The molecule has 0 aliphatic carbocycles. The number of piperazine rings is 1. The molecular weight excluding hydrogens is 409 g/mol. The van der Waals surface area contributed by atoms with Crippen LogP contribution in [0.5, 0.6) is 0 Å². The molecule has 9 heteroatoms. The van der Waals surface area contributed by atoms with Gasteiger partial charge in [-0.3, -0.25) is 4.90 Å². The number of nitrogens with one attached hydrogen (secondary N) is 1. The van der Waals surface area contributed by atoms with Crippen LogP contribution in [0, 0.1) is 5.41 Å². The molecule has 0 saturated carbocycles. The quantitative estimate of drug-likeness (QED) is 0.711. The molecule has 2 saturated heterocycles. The number of aliphatic hydroxyl groups excluding tert-OH is 1. The van der Waals surface area contributed by atoms with Crippen LogP contribution in [0.2, 0.25) is 0 Å². The van der Waals surface area contributed by atoms with Gasteiger partial charge >= 0.3 is 6.18 Å². The molecule has 0 radical (unpaired) electrons. The van der Waals surface area contributed by atoms with Gasteiger partial charge < -0.3 is 19.7 Å². The zero-order valence-electron chi connectivity index (χ0n) is 18.1. The Morgan fingerprint density at radius 1 is 1.19 bits per heavy atom. The number of hydrogen-bond acceptors (Lipinski definition) is 5. The number of anilines is 1. The van der Waals surface area contributed by atoms with E-state index >= 15 is 0 Å². The summed E-state index contributed by atoms with van der Waals surface area (Å²) in [5, 5.41) is 10.3. The predicted molar refractivity (Wildman–Crippen MR) is 113 cm³/mol. The first-order valence-electron chi connectivity index (χ1n) is 11.1. The van der Waals surface area contributed by atoms with Crippen LogP contribution < -0.4 is 4.90 Å². The van der Waals surface area contributed by atoms with E-state index in [-0.39, 0.29) is 11.5 Å². The molecule has 1 aromatic carbocycles. The Labute approximate surface area is 180 Å². The number of fused-ring (bicyclic) bond motifs is 1. The molecule has 31 heavy (non-hydrogen) atoms. The normalized spacial score (nSPS) is 24.9. The van der Waals surface area contributed by atoms with Crippen LogP contribution >= 0.6 is 0 Å². The highest BCUT2D eigenvalue weighted by Gasteiger charge is 2.45. The van der Waals surface area contributed by atoms with Crippen LogP contribution in [0.3, 0.4) is 0 Å². The highest BCUT2D eigenvalue weighted by Crippen LogP contribution is 2.44. The van der Waals surface area contributed by atoms with Crippen LogP contribution in [0.4, 0.5) is 18.9 Å². The number of alkyl halides is 3. The van der Waals surface area contributed by atoms with Crippen LogP contribution in [-0.2, 0) is 10.9 Å². The molecule has 2 aliphatic heterocycles. The largest absolute Gasteiger partial charge is 0.449 e. The van der Waals surface area contributed by atoms with Gasteiger partial charge in [0.15, 0.2) is 6.29 Å². The highest BCUT2D eigenvalue weighted by atomic mass is 19.4. The summed E-state index contributed by atoms with van der Waals surface area (Å²) in [5.74, 6) is -0.959. The molecule has 0 bridgehead atoms. The van der Waals surface area contributed by atoms with Gasteiger partial charge in [-0.2, -0.15) is 13.2 Å². The van der Waals surface area contributed by atoms with Gasteiger partial charge in [-0.05, 0) is 43.9 Å². The van der Waals surface area contributed by atoms with Gasteiger partial charge in [0.1, 0.15) is 0 Å². The Morgan fingerprint density at radius 2 is 1.90 bits per heavy atom. The van der Waals surface area contributed by atoms with Gasteiger partial charge in [-0.25, -0.2) is 4.98 Å². The monoisotopic (exact) mass is 440 g/mol. The van der Waals surface area contributed by atoms with Crippen molar-refractivity contribution in [1.82, 2.24) is 14.9 Å². The summed E-state index contributed by atoms with van der Waals surface area (Å²) in [6.07, 6.45) is -1.39. The lowest BCUT2D eigenvalue weighted by molar-refractivity contribution is -0.144. The lowest BCUT2D eigenvalue weighted by atomic mass is 9.78. The molecule has 0 amide bonds. The standard InChI is InChI=1S/C22H31F3N4O2/c1-3-21(4-2)14-16(31-20(21)30)7-8-28-9-11-29(12-10-28)15-5-6-17-18(13-15)27-19(26-17)22(23,24)25/h5-6,13,16,20,30H,3-4,7-12,14H2,1-2H3,(H,26,27). The van der Waals surface area contributed by atoms with E-state index in [2.05, 4.69) is 33.6 Å². The number of aliphatic hydroxyl groups is 1. The molecule has 2 aliphatic rings. The Morgan fingerprint density at radius 3 is 2.52 bits per heavy atom. The van der Waals surface area contributed by atoms with Crippen LogP contribution in [0.1, 0.15) is 45.4 Å². The summed E-state index contributed by atoms with van der Waals surface area (Å²) < 4.78 is 44.5. The van der Waals surface area contributed by atoms with E-state index < -0.39 is 18.3 Å². The van der Waals surface area contributed by atoms with Crippen molar-refractivity contribution in [3.8, 4) is 0 Å². The smallest absolute Gasteiger partial charge is 0.369 e. The van der Waals surface area contributed by atoms with E-state index in [1.165, 1.54) is 0 Å². The van der Waals surface area contributed by atoms with E-state index in [4.69, 9.17) is 4.74 Å². The second-order valence-corrected chi connectivity index (χ2v) is 8.79. The molecule has 6 nitrogen and oxygen atoms in total. The third-order valence-corrected chi connectivity index (χ3v) is 7.13. The van der Waals surface area contributed by atoms with Gasteiger partial charge in [-0.1, -0.05) is 13.8 Å². The molecule has 172 valence electrons. The summed E-state index contributed by atoms with van der Waals surface area (Å²) in [6, 6.07) is 5.22. The number of ether oxygens (including phenoxy) is 1. The van der Waals surface area contributed by atoms with Crippen molar-refractivity contribution >= 4 is 16.7 Å². The number of rotatable bonds is 6. The first-order valence-corrected chi connectivity index (χ1v) is 11.1. The topological polar surface area (TPSA) is 64.6 Å². The van der Waals surface area contributed by atoms with Crippen molar-refractivity contribution in [2.75, 3.05) is 37.6 Å².